The summed E-state index contributed by atoms with van der Waals surface area (Å²) in [5, 5.41) is 3.71. The molecule has 0 spiro atoms. The molecule has 0 atom stereocenters. The highest BCUT2D eigenvalue weighted by Crippen LogP contribution is 2.23. The highest BCUT2D eigenvalue weighted by Gasteiger charge is 2.13. The fourth-order valence-corrected chi connectivity index (χ4v) is 2.54. The standard InChI is InChI=1S/C14H15BrClN5O/c15-12-5-11(9-18-13(12)16)17-6-10-7-19-14(20-8-10)21-1-3-22-4-2-21/h5,7-9,17H,1-4,6H2. The molecule has 1 fully saturated rings. The van der Waals surface area contributed by atoms with Gasteiger partial charge in [-0.1, -0.05) is 11.6 Å². The van der Waals surface area contributed by atoms with Crippen LogP contribution in [0.4, 0.5) is 11.6 Å². The Kier molecular flexibility index (Phi) is 5.07. The maximum Gasteiger partial charge on any atom is 0.225 e. The van der Waals surface area contributed by atoms with Gasteiger partial charge in [0.2, 0.25) is 5.95 Å². The molecule has 0 aromatic carbocycles. The molecule has 0 saturated carbocycles. The topological polar surface area (TPSA) is 63.2 Å². The first-order valence-electron chi connectivity index (χ1n) is 6.91. The van der Waals surface area contributed by atoms with Crippen molar-refractivity contribution < 1.29 is 4.74 Å². The molecule has 3 rings (SSSR count). The van der Waals surface area contributed by atoms with E-state index in [0.29, 0.717) is 11.7 Å². The maximum absolute atomic E-state index is 5.87. The van der Waals surface area contributed by atoms with E-state index in [1.807, 2.05) is 18.5 Å². The number of rotatable bonds is 4. The average Bonchev–Trinajstić information content (AvgIpc) is 2.57. The molecule has 2 aromatic heterocycles. The molecule has 0 amide bonds. The van der Waals surface area contributed by atoms with Crippen LogP contribution in [0, 0.1) is 0 Å². The second kappa shape index (κ2) is 7.21. The molecule has 0 aliphatic carbocycles. The number of aromatic nitrogens is 3. The zero-order valence-corrected chi connectivity index (χ0v) is 14.1. The third-order valence-corrected chi connectivity index (χ3v) is 4.41. The lowest BCUT2D eigenvalue weighted by Gasteiger charge is -2.26. The number of nitrogens with zero attached hydrogens (tertiary/aromatic N) is 4. The Morgan fingerprint density at radius 1 is 1.18 bits per heavy atom. The van der Waals surface area contributed by atoms with Crippen LogP contribution in [-0.4, -0.2) is 41.3 Å². The molecule has 22 heavy (non-hydrogen) atoms. The van der Waals surface area contributed by atoms with Crippen LogP contribution in [0.1, 0.15) is 5.56 Å². The minimum Gasteiger partial charge on any atom is -0.380 e. The minimum absolute atomic E-state index is 0.448. The summed E-state index contributed by atoms with van der Waals surface area (Å²) in [6.45, 7) is 3.75. The Morgan fingerprint density at radius 2 is 1.91 bits per heavy atom. The SMILES string of the molecule is Clc1ncc(NCc2cnc(N3CCOCC3)nc2)cc1Br. The smallest absolute Gasteiger partial charge is 0.225 e. The number of morpholine rings is 1. The zero-order chi connectivity index (χ0) is 15.4. The van der Waals surface area contributed by atoms with Crippen LogP contribution in [-0.2, 0) is 11.3 Å². The van der Waals surface area contributed by atoms with Gasteiger partial charge >= 0.3 is 0 Å². The molecule has 1 saturated heterocycles. The van der Waals surface area contributed by atoms with Gasteiger partial charge in [0.05, 0.1) is 29.6 Å². The lowest BCUT2D eigenvalue weighted by atomic mass is 10.3. The Morgan fingerprint density at radius 3 is 2.59 bits per heavy atom. The van der Waals surface area contributed by atoms with Gasteiger partial charge in [-0.3, -0.25) is 0 Å². The normalized spacial score (nSPS) is 14.9. The van der Waals surface area contributed by atoms with Gasteiger partial charge < -0.3 is 15.0 Å². The molecule has 3 heterocycles. The number of halogens is 2. The van der Waals surface area contributed by atoms with E-state index in [1.165, 1.54) is 0 Å². The van der Waals surface area contributed by atoms with Gasteiger partial charge in [0.15, 0.2) is 0 Å². The molecule has 6 nitrogen and oxygen atoms in total. The fourth-order valence-electron chi connectivity index (χ4n) is 2.09. The second-order valence-corrected chi connectivity index (χ2v) is 6.05. The van der Waals surface area contributed by atoms with Crippen molar-refractivity contribution in [3.8, 4) is 0 Å². The molecule has 1 aliphatic rings. The first kappa shape index (κ1) is 15.5. The van der Waals surface area contributed by atoms with Crippen molar-refractivity contribution in [2.45, 2.75) is 6.54 Å². The molecule has 1 N–H and O–H groups in total. The van der Waals surface area contributed by atoms with E-state index in [2.05, 4.69) is 41.1 Å². The van der Waals surface area contributed by atoms with Crippen molar-refractivity contribution >= 4 is 39.2 Å². The number of nitrogens with one attached hydrogen (secondary N) is 1. The third-order valence-electron chi connectivity index (χ3n) is 3.28. The molecule has 0 radical (unpaired) electrons. The van der Waals surface area contributed by atoms with Crippen molar-refractivity contribution in [2.75, 3.05) is 36.5 Å². The minimum atomic E-state index is 0.448. The summed E-state index contributed by atoms with van der Waals surface area (Å²) in [6.07, 6.45) is 5.36. The summed E-state index contributed by atoms with van der Waals surface area (Å²) in [7, 11) is 0. The van der Waals surface area contributed by atoms with Gasteiger partial charge in [0.1, 0.15) is 5.15 Å². The Labute approximate surface area is 142 Å². The molecular weight excluding hydrogens is 370 g/mol. The van der Waals surface area contributed by atoms with E-state index >= 15 is 0 Å². The number of hydrogen-bond acceptors (Lipinski definition) is 6. The van der Waals surface area contributed by atoms with Crippen LogP contribution in [0.2, 0.25) is 5.15 Å². The van der Waals surface area contributed by atoms with E-state index in [0.717, 1.165) is 48.0 Å². The quantitative estimate of drug-likeness (QED) is 0.818. The summed E-state index contributed by atoms with van der Waals surface area (Å²) in [5.41, 5.74) is 1.89. The van der Waals surface area contributed by atoms with E-state index in [1.54, 1.807) is 6.20 Å². The van der Waals surface area contributed by atoms with Crippen LogP contribution < -0.4 is 10.2 Å². The number of hydrogen-bond donors (Lipinski definition) is 1. The van der Waals surface area contributed by atoms with Crippen LogP contribution in [0.15, 0.2) is 29.1 Å². The van der Waals surface area contributed by atoms with Crippen molar-refractivity contribution in [1.82, 2.24) is 15.0 Å². The Balaban J connectivity index is 1.59. The van der Waals surface area contributed by atoms with Gasteiger partial charge in [-0.25, -0.2) is 15.0 Å². The summed E-state index contributed by atoms with van der Waals surface area (Å²) in [5.74, 6) is 0.753. The second-order valence-electron chi connectivity index (χ2n) is 4.84. The number of anilines is 2. The van der Waals surface area contributed by atoms with Crippen LogP contribution in [0.25, 0.3) is 0 Å². The Hall–Kier alpha value is -1.44. The van der Waals surface area contributed by atoms with Crippen molar-refractivity contribution in [2.24, 2.45) is 0 Å². The third kappa shape index (κ3) is 3.85. The largest absolute Gasteiger partial charge is 0.380 e. The fraction of sp³-hybridized carbons (Fsp3) is 0.357. The first-order chi connectivity index (χ1) is 10.7. The summed E-state index contributed by atoms with van der Waals surface area (Å²) in [6, 6.07) is 1.89. The average molecular weight is 385 g/mol. The molecule has 1 aliphatic heterocycles. The van der Waals surface area contributed by atoms with Gasteiger partial charge in [-0.15, -0.1) is 0 Å². The molecule has 0 unspecified atom stereocenters. The molecule has 2 aromatic rings. The van der Waals surface area contributed by atoms with Crippen LogP contribution in [0.3, 0.4) is 0 Å². The van der Waals surface area contributed by atoms with Gasteiger partial charge in [0.25, 0.3) is 0 Å². The number of pyridine rings is 1. The van der Waals surface area contributed by atoms with Gasteiger partial charge in [0, 0.05) is 37.6 Å². The predicted molar refractivity (Wildman–Crippen MR) is 89.3 cm³/mol. The monoisotopic (exact) mass is 383 g/mol. The summed E-state index contributed by atoms with van der Waals surface area (Å²) < 4.78 is 6.09. The summed E-state index contributed by atoms with van der Waals surface area (Å²) >= 11 is 9.22. The molecule has 0 bridgehead atoms. The van der Waals surface area contributed by atoms with Crippen molar-refractivity contribution in [1.29, 1.82) is 0 Å². The molecule has 8 heteroatoms. The molecule has 116 valence electrons. The summed E-state index contributed by atoms with van der Waals surface area (Å²) in [4.78, 5) is 15.0. The highest BCUT2D eigenvalue weighted by molar-refractivity contribution is 9.10. The van der Waals surface area contributed by atoms with E-state index in [-0.39, 0.29) is 0 Å². The molecular formula is C14H15BrClN5O. The lowest BCUT2D eigenvalue weighted by Crippen LogP contribution is -2.37. The highest BCUT2D eigenvalue weighted by atomic mass is 79.9. The lowest BCUT2D eigenvalue weighted by molar-refractivity contribution is 0.122. The van der Waals surface area contributed by atoms with Crippen LogP contribution in [0.5, 0.6) is 0 Å². The first-order valence-corrected chi connectivity index (χ1v) is 8.08. The van der Waals surface area contributed by atoms with Crippen molar-refractivity contribution in [3.05, 3.63) is 39.8 Å². The predicted octanol–water partition coefficient (Wildman–Crippen LogP) is 2.74. The van der Waals surface area contributed by atoms with Crippen molar-refractivity contribution in [3.63, 3.8) is 0 Å². The van der Waals surface area contributed by atoms with Crippen LogP contribution >= 0.6 is 27.5 Å². The van der Waals surface area contributed by atoms with E-state index in [4.69, 9.17) is 16.3 Å². The van der Waals surface area contributed by atoms with E-state index in [9.17, 15) is 0 Å². The van der Waals surface area contributed by atoms with E-state index < -0.39 is 0 Å². The Bertz CT molecular complexity index is 634. The maximum atomic E-state index is 5.87. The number of ether oxygens (including phenoxy) is 1. The van der Waals surface area contributed by atoms with Gasteiger partial charge in [-0.05, 0) is 22.0 Å². The zero-order valence-electron chi connectivity index (χ0n) is 11.8. The van der Waals surface area contributed by atoms with Gasteiger partial charge in [-0.2, -0.15) is 0 Å².